The minimum atomic E-state index is -1.03. The van der Waals surface area contributed by atoms with Gasteiger partial charge in [-0.25, -0.2) is 13.8 Å². The Bertz CT molecular complexity index is 837. The second-order valence-corrected chi connectivity index (χ2v) is 5.72. The number of ether oxygens (including phenoxy) is 2. The Balaban J connectivity index is 1.70. The topological polar surface area (TPSA) is 84.2 Å². The van der Waals surface area contributed by atoms with Crippen molar-refractivity contribution in [3.8, 4) is 11.8 Å². The van der Waals surface area contributed by atoms with E-state index in [1.165, 1.54) is 0 Å². The average Bonchev–Trinajstić information content (AvgIpc) is 2.64. The van der Waals surface area contributed by atoms with Crippen LogP contribution in [0.3, 0.4) is 0 Å². The summed E-state index contributed by atoms with van der Waals surface area (Å²) in [7, 11) is 0. The van der Waals surface area contributed by atoms with Gasteiger partial charge in [-0.2, -0.15) is 5.26 Å². The van der Waals surface area contributed by atoms with Gasteiger partial charge >= 0.3 is 0 Å². The number of amides is 1. The molecule has 26 heavy (non-hydrogen) atoms. The Morgan fingerprint density at radius 1 is 1.35 bits per heavy atom. The van der Waals surface area contributed by atoms with Crippen LogP contribution in [0.1, 0.15) is 22.5 Å². The van der Waals surface area contributed by atoms with Gasteiger partial charge in [0.05, 0.1) is 30.5 Å². The molecular weight excluding hydrogens is 344 g/mol. The van der Waals surface area contributed by atoms with Gasteiger partial charge in [0.15, 0.2) is 11.5 Å². The van der Waals surface area contributed by atoms with E-state index in [9.17, 15) is 13.6 Å². The highest BCUT2D eigenvalue weighted by atomic mass is 19.1. The van der Waals surface area contributed by atoms with Crippen LogP contribution < -0.4 is 10.1 Å². The van der Waals surface area contributed by atoms with Gasteiger partial charge in [-0.05, 0) is 30.7 Å². The highest BCUT2D eigenvalue weighted by molar-refractivity contribution is 5.92. The first-order valence-electron chi connectivity index (χ1n) is 7.93. The third-order valence-electron chi connectivity index (χ3n) is 3.91. The molecule has 0 aliphatic carbocycles. The first-order valence-corrected chi connectivity index (χ1v) is 7.93. The summed E-state index contributed by atoms with van der Waals surface area (Å²) < 4.78 is 37.9. The maximum absolute atomic E-state index is 13.7. The number of carbonyl (C=O) groups excluding carboxylic acids is 1. The molecule has 0 radical (unpaired) electrons. The van der Waals surface area contributed by atoms with Crippen LogP contribution in [-0.2, 0) is 4.74 Å². The van der Waals surface area contributed by atoms with Crippen molar-refractivity contribution in [3.63, 3.8) is 0 Å². The van der Waals surface area contributed by atoms with Crippen LogP contribution in [-0.4, -0.2) is 36.3 Å². The van der Waals surface area contributed by atoms with Gasteiger partial charge < -0.3 is 14.8 Å². The van der Waals surface area contributed by atoms with E-state index in [2.05, 4.69) is 10.3 Å². The molecule has 0 unspecified atom stereocenters. The Morgan fingerprint density at radius 2 is 2.12 bits per heavy atom. The van der Waals surface area contributed by atoms with E-state index in [0.29, 0.717) is 30.4 Å². The summed E-state index contributed by atoms with van der Waals surface area (Å²) >= 11 is 0. The number of halogens is 2. The number of nitrogens with one attached hydrogen (secondary N) is 1. The number of pyridine rings is 1. The predicted molar refractivity (Wildman–Crippen MR) is 86.4 cm³/mol. The molecule has 1 amide bonds. The van der Waals surface area contributed by atoms with Gasteiger partial charge in [0, 0.05) is 12.7 Å². The van der Waals surface area contributed by atoms with Gasteiger partial charge in [-0.15, -0.1) is 0 Å². The molecule has 1 aromatic heterocycles. The Kier molecular flexibility index (Phi) is 5.39. The lowest BCUT2D eigenvalue weighted by Crippen LogP contribution is -2.51. The molecule has 1 aliphatic heterocycles. The number of carbonyl (C=O) groups is 1. The van der Waals surface area contributed by atoms with Crippen molar-refractivity contribution in [2.45, 2.75) is 18.6 Å². The van der Waals surface area contributed by atoms with E-state index in [-0.39, 0.29) is 6.61 Å². The molecule has 1 aromatic carbocycles. The van der Waals surface area contributed by atoms with Crippen LogP contribution >= 0.6 is 0 Å². The lowest BCUT2D eigenvalue weighted by atomic mass is 10.1. The van der Waals surface area contributed by atoms with E-state index in [0.717, 1.165) is 6.20 Å². The maximum atomic E-state index is 13.7. The summed E-state index contributed by atoms with van der Waals surface area (Å²) in [6.07, 6.45) is 0.756. The molecule has 2 atom stereocenters. The van der Waals surface area contributed by atoms with Gasteiger partial charge in [0.25, 0.3) is 5.91 Å². The minimum Gasteiger partial charge on any atom is -0.486 e. The van der Waals surface area contributed by atoms with E-state index in [4.69, 9.17) is 14.7 Å². The molecule has 0 bridgehead atoms. The van der Waals surface area contributed by atoms with Gasteiger partial charge in [0.2, 0.25) is 0 Å². The molecule has 6 nitrogen and oxygen atoms in total. The molecule has 0 saturated carbocycles. The molecule has 1 aliphatic rings. The van der Waals surface area contributed by atoms with Crippen molar-refractivity contribution in [3.05, 3.63) is 59.4 Å². The number of nitrogens with zero attached hydrogens (tertiary/aromatic N) is 2. The molecule has 1 saturated heterocycles. The molecule has 1 N–H and O–H groups in total. The molecule has 2 heterocycles. The van der Waals surface area contributed by atoms with Crippen LogP contribution in [0.5, 0.6) is 5.75 Å². The van der Waals surface area contributed by atoms with E-state index in [1.54, 1.807) is 24.3 Å². The number of nitriles is 1. The number of benzene rings is 1. The van der Waals surface area contributed by atoms with Crippen molar-refractivity contribution in [1.29, 1.82) is 5.26 Å². The van der Waals surface area contributed by atoms with Crippen LogP contribution in [0.25, 0.3) is 0 Å². The normalized spacial score (nSPS) is 19.4. The third-order valence-corrected chi connectivity index (χ3v) is 3.91. The zero-order valence-corrected chi connectivity index (χ0v) is 13.6. The largest absolute Gasteiger partial charge is 0.486 e. The summed E-state index contributed by atoms with van der Waals surface area (Å²) in [6.45, 7) is 0.655. The minimum absolute atomic E-state index is 0.240. The van der Waals surface area contributed by atoms with Crippen molar-refractivity contribution >= 4 is 5.91 Å². The van der Waals surface area contributed by atoms with Crippen LogP contribution in [0.15, 0.2) is 36.5 Å². The molecule has 134 valence electrons. The third kappa shape index (κ3) is 4.13. The van der Waals surface area contributed by atoms with Crippen molar-refractivity contribution in [2.24, 2.45) is 0 Å². The van der Waals surface area contributed by atoms with Crippen LogP contribution in [0, 0.1) is 23.0 Å². The molecule has 3 rings (SSSR count). The monoisotopic (exact) mass is 359 g/mol. The van der Waals surface area contributed by atoms with Crippen LogP contribution in [0.2, 0.25) is 0 Å². The number of aromatic nitrogens is 1. The molecular formula is C18H15F2N3O3. The summed E-state index contributed by atoms with van der Waals surface area (Å²) in [5.74, 6) is -2.11. The fraction of sp³-hybridized carbons (Fsp3) is 0.278. The lowest BCUT2D eigenvalue weighted by Gasteiger charge is -2.32. The Labute approximate surface area is 148 Å². The quantitative estimate of drug-likeness (QED) is 0.905. The fourth-order valence-electron chi connectivity index (χ4n) is 2.59. The summed E-state index contributed by atoms with van der Waals surface area (Å²) in [6, 6.07) is 8.71. The van der Waals surface area contributed by atoms with Crippen LogP contribution in [0.4, 0.5) is 8.78 Å². The van der Waals surface area contributed by atoms with E-state index >= 15 is 0 Å². The number of rotatable bonds is 4. The molecule has 1 fully saturated rings. The average molecular weight is 359 g/mol. The maximum Gasteiger partial charge on any atom is 0.273 e. The zero-order valence-electron chi connectivity index (χ0n) is 13.6. The second kappa shape index (κ2) is 7.89. The van der Waals surface area contributed by atoms with Crippen molar-refractivity contribution in [2.75, 3.05) is 13.2 Å². The summed E-state index contributed by atoms with van der Waals surface area (Å²) in [5, 5.41) is 11.5. The van der Waals surface area contributed by atoms with Crippen molar-refractivity contribution < 1.29 is 23.0 Å². The molecule has 0 spiro atoms. The van der Waals surface area contributed by atoms with E-state index in [1.807, 2.05) is 6.07 Å². The lowest BCUT2D eigenvalue weighted by molar-refractivity contribution is -0.0135. The number of hydrogen-bond donors (Lipinski definition) is 1. The Morgan fingerprint density at radius 3 is 2.81 bits per heavy atom. The first-order chi connectivity index (χ1) is 12.6. The van der Waals surface area contributed by atoms with E-state index < -0.39 is 35.4 Å². The highest BCUT2D eigenvalue weighted by Crippen LogP contribution is 2.19. The van der Waals surface area contributed by atoms with Gasteiger partial charge in [-0.1, -0.05) is 0 Å². The molecule has 2 aromatic rings. The molecule has 8 heteroatoms. The van der Waals surface area contributed by atoms with Crippen molar-refractivity contribution in [1.82, 2.24) is 10.3 Å². The summed E-state index contributed by atoms with van der Waals surface area (Å²) in [5.41, 5.74) is 0.0231. The summed E-state index contributed by atoms with van der Waals surface area (Å²) in [4.78, 5) is 15.8. The first kappa shape index (κ1) is 17.8. The smallest absolute Gasteiger partial charge is 0.273 e. The van der Waals surface area contributed by atoms with Gasteiger partial charge in [0.1, 0.15) is 17.7 Å². The standard InChI is InChI=1S/C18H15F2N3O3/c19-12-7-14(20)17(22-9-12)18(24)23-15-5-6-25-10-16(15)26-13-3-1-11(8-21)2-4-13/h1-4,7,9,15-16H,5-6,10H2,(H,23,24)/t15-,16-/m1/s1. The van der Waals surface area contributed by atoms with Gasteiger partial charge in [-0.3, -0.25) is 4.79 Å². The SMILES string of the molecule is N#Cc1ccc(O[C@@H]2COCC[C@H]2NC(=O)c2ncc(F)cc2F)cc1. The highest BCUT2D eigenvalue weighted by Gasteiger charge is 2.30. The fourth-order valence-corrected chi connectivity index (χ4v) is 2.59. The zero-order chi connectivity index (χ0) is 18.5. The Hall–Kier alpha value is -3.05. The second-order valence-electron chi connectivity index (χ2n) is 5.72. The number of hydrogen-bond acceptors (Lipinski definition) is 5. The predicted octanol–water partition coefficient (Wildman–Crippen LogP) is 2.20.